The molecule has 1 aromatic heterocycles. The Balaban J connectivity index is 2.00. The van der Waals surface area contributed by atoms with Gasteiger partial charge < -0.3 is 15.5 Å². The van der Waals surface area contributed by atoms with Gasteiger partial charge in [0.25, 0.3) is 5.91 Å². The molecule has 0 saturated carbocycles. The minimum absolute atomic E-state index is 0.217. The molecule has 0 bridgehead atoms. The van der Waals surface area contributed by atoms with Crippen LogP contribution in [0.4, 0.5) is 11.4 Å². The van der Waals surface area contributed by atoms with Crippen molar-refractivity contribution in [1.29, 1.82) is 0 Å². The summed E-state index contributed by atoms with van der Waals surface area (Å²) < 4.78 is 0. The Morgan fingerprint density at radius 1 is 1.23 bits per heavy atom. The Labute approximate surface area is 135 Å². The molecule has 2 aromatic rings. The van der Waals surface area contributed by atoms with Crippen LogP contribution < -0.4 is 10.6 Å². The molecule has 0 saturated heterocycles. The molecule has 0 radical (unpaired) electrons. The predicted molar refractivity (Wildman–Crippen MR) is 90.7 cm³/mol. The van der Waals surface area contributed by atoms with Crippen molar-refractivity contribution >= 4 is 28.9 Å². The van der Waals surface area contributed by atoms with Gasteiger partial charge in [-0.15, -0.1) is 0 Å². The van der Waals surface area contributed by atoms with Crippen LogP contribution in [-0.4, -0.2) is 43.0 Å². The lowest BCUT2D eigenvalue weighted by atomic mass is 10.2. The van der Waals surface area contributed by atoms with Crippen LogP contribution in [0, 0.1) is 0 Å². The van der Waals surface area contributed by atoms with Crippen LogP contribution >= 0.6 is 11.6 Å². The Bertz CT molecular complexity index is 646. The van der Waals surface area contributed by atoms with E-state index in [1.54, 1.807) is 36.5 Å². The number of nitrogens with one attached hydrogen (secondary N) is 2. The first-order valence-corrected chi connectivity index (χ1v) is 7.33. The number of pyridine rings is 1. The molecule has 2 N–H and O–H groups in total. The van der Waals surface area contributed by atoms with Gasteiger partial charge in [-0.25, -0.2) is 0 Å². The lowest BCUT2D eigenvalue weighted by Gasteiger charge is -2.12. The van der Waals surface area contributed by atoms with E-state index >= 15 is 0 Å². The molecule has 0 aliphatic carbocycles. The second kappa shape index (κ2) is 7.77. The number of hydrogen-bond acceptors (Lipinski definition) is 4. The standard InChI is InChI=1S/C16H19ClN4O/c1-21(2)7-6-19-15-8-12(10-18-11-15)16(22)20-14-5-3-4-13(17)9-14/h3-5,8-11,19H,6-7H2,1-2H3,(H,20,22). The lowest BCUT2D eigenvalue weighted by molar-refractivity contribution is 0.102. The predicted octanol–water partition coefficient (Wildman–Crippen LogP) is 2.96. The van der Waals surface area contributed by atoms with Crippen LogP contribution in [0.5, 0.6) is 0 Å². The van der Waals surface area contributed by atoms with E-state index in [9.17, 15) is 4.79 Å². The number of likely N-dealkylation sites (N-methyl/N-ethyl adjacent to an activating group) is 1. The van der Waals surface area contributed by atoms with Gasteiger partial charge in [0.2, 0.25) is 0 Å². The zero-order valence-corrected chi connectivity index (χ0v) is 13.4. The molecule has 1 amide bonds. The summed E-state index contributed by atoms with van der Waals surface area (Å²) in [5.41, 5.74) is 1.97. The highest BCUT2D eigenvalue weighted by atomic mass is 35.5. The van der Waals surface area contributed by atoms with Crippen LogP contribution in [0.1, 0.15) is 10.4 Å². The normalized spacial score (nSPS) is 10.5. The zero-order chi connectivity index (χ0) is 15.9. The third-order valence-corrected chi connectivity index (χ3v) is 3.21. The van der Waals surface area contributed by atoms with Gasteiger partial charge in [-0.2, -0.15) is 0 Å². The SMILES string of the molecule is CN(C)CCNc1cncc(C(=O)Nc2cccc(Cl)c2)c1. The van der Waals surface area contributed by atoms with Gasteiger partial charge in [-0.3, -0.25) is 9.78 Å². The summed E-state index contributed by atoms with van der Waals surface area (Å²) in [5.74, 6) is -0.217. The lowest BCUT2D eigenvalue weighted by Crippen LogP contribution is -2.21. The number of nitrogens with zero attached hydrogens (tertiary/aromatic N) is 2. The minimum atomic E-state index is -0.217. The Morgan fingerprint density at radius 3 is 2.77 bits per heavy atom. The summed E-state index contributed by atoms with van der Waals surface area (Å²) in [7, 11) is 4.02. The van der Waals surface area contributed by atoms with E-state index in [1.165, 1.54) is 6.20 Å². The molecule has 0 aliphatic rings. The van der Waals surface area contributed by atoms with Gasteiger partial charge in [0.15, 0.2) is 0 Å². The Kier molecular flexibility index (Phi) is 5.75. The van der Waals surface area contributed by atoms with E-state index in [-0.39, 0.29) is 5.91 Å². The Morgan fingerprint density at radius 2 is 2.05 bits per heavy atom. The second-order valence-electron chi connectivity index (χ2n) is 5.16. The molecule has 0 spiro atoms. The van der Waals surface area contributed by atoms with Gasteiger partial charge in [0, 0.05) is 36.2 Å². The van der Waals surface area contributed by atoms with Crippen LogP contribution in [0.25, 0.3) is 0 Å². The zero-order valence-electron chi connectivity index (χ0n) is 12.6. The number of carbonyl (C=O) groups excluding carboxylic acids is 1. The highest BCUT2D eigenvalue weighted by molar-refractivity contribution is 6.30. The van der Waals surface area contributed by atoms with E-state index in [4.69, 9.17) is 11.6 Å². The van der Waals surface area contributed by atoms with Gasteiger partial charge in [-0.05, 0) is 38.4 Å². The molecule has 0 aliphatic heterocycles. The fourth-order valence-corrected chi connectivity index (χ4v) is 2.04. The first kappa shape index (κ1) is 16.3. The van der Waals surface area contributed by atoms with E-state index in [0.717, 1.165) is 18.8 Å². The van der Waals surface area contributed by atoms with Crippen molar-refractivity contribution in [3.8, 4) is 0 Å². The monoisotopic (exact) mass is 318 g/mol. The molecule has 1 heterocycles. The topological polar surface area (TPSA) is 57.3 Å². The van der Waals surface area contributed by atoms with E-state index in [2.05, 4.69) is 20.5 Å². The number of aromatic nitrogens is 1. The largest absolute Gasteiger partial charge is 0.382 e. The van der Waals surface area contributed by atoms with Crippen LogP contribution in [0.2, 0.25) is 5.02 Å². The second-order valence-corrected chi connectivity index (χ2v) is 5.59. The number of halogens is 1. The van der Waals surface area contributed by atoms with Crippen molar-refractivity contribution in [1.82, 2.24) is 9.88 Å². The molecule has 116 valence electrons. The fraction of sp³-hybridized carbons (Fsp3) is 0.250. The maximum Gasteiger partial charge on any atom is 0.257 e. The summed E-state index contributed by atoms with van der Waals surface area (Å²) >= 11 is 5.90. The van der Waals surface area contributed by atoms with Gasteiger partial charge in [-0.1, -0.05) is 17.7 Å². The van der Waals surface area contributed by atoms with E-state index < -0.39 is 0 Å². The summed E-state index contributed by atoms with van der Waals surface area (Å²) in [6.45, 7) is 1.69. The third kappa shape index (κ3) is 5.02. The Hall–Kier alpha value is -2.11. The van der Waals surface area contributed by atoms with Gasteiger partial charge >= 0.3 is 0 Å². The van der Waals surface area contributed by atoms with Crippen LogP contribution in [0.3, 0.4) is 0 Å². The number of amides is 1. The molecule has 2 rings (SSSR count). The van der Waals surface area contributed by atoms with Gasteiger partial charge in [0.05, 0.1) is 11.3 Å². The molecule has 5 nitrogen and oxygen atoms in total. The van der Waals surface area contributed by atoms with E-state index in [0.29, 0.717) is 16.3 Å². The maximum absolute atomic E-state index is 12.2. The average Bonchev–Trinajstić information content (AvgIpc) is 2.47. The summed E-state index contributed by atoms with van der Waals surface area (Å²) in [5, 5.41) is 6.62. The molecule has 6 heteroatoms. The first-order valence-electron chi connectivity index (χ1n) is 6.95. The van der Waals surface area contributed by atoms with Crippen molar-refractivity contribution in [2.75, 3.05) is 37.8 Å². The molecule has 0 atom stereocenters. The van der Waals surface area contributed by atoms with E-state index in [1.807, 2.05) is 14.1 Å². The van der Waals surface area contributed by atoms with Crippen LogP contribution in [-0.2, 0) is 0 Å². The minimum Gasteiger partial charge on any atom is -0.382 e. The summed E-state index contributed by atoms with van der Waals surface area (Å²) in [4.78, 5) is 18.4. The van der Waals surface area contributed by atoms with Crippen molar-refractivity contribution in [3.63, 3.8) is 0 Å². The molecule has 0 fully saturated rings. The highest BCUT2D eigenvalue weighted by Crippen LogP contribution is 2.16. The molecular weight excluding hydrogens is 300 g/mol. The maximum atomic E-state index is 12.2. The van der Waals surface area contributed by atoms with Gasteiger partial charge in [0.1, 0.15) is 0 Å². The van der Waals surface area contributed by atoms with Crippen molar-refractivity contribution in [2.45, 2.75) is 0 Å². The summed E-state index contributed by atoms with van der Waals surface area (Å²) in [6.07, 6.45) is 3.24. The fourth-order valence-electron chi connectivity index (χ4n) is 1.85. The van der Waals surface area contributed by atoms with Crippen LogP contribution in [0.15, 0.2) is 42.7 Å². The molecule has 1 aromatic carbocycles. The number of rotatable bonds is 6. The molecule has 22 heavy (non-hydrogen) atoms. The van der Waals surface area contributed by atoms with Crippen molar-refractivity contribution in [3.05, 3.63) is 53.3 Å². The number of hydrogen-bond donors (Lipinski definition) is 2. The van der Waals surface area contributed by atoms with Crippen molar-refractivity contribution in [2.24, 2.45) is 0 Å². The quantitative estimate of drug-likeness (QED) is 0.859. The summed E-state index contributed by atoms with van der Waals surface area (Å²) in [6, 6.07) is 8.81. The molecular formula is C16H19ClN4O. The van der Waals surface area contributed by atoms with Crippen molar-refractivity contribution < 1.29 is 4.79 Å². The average molecular weight is 319 g/mol. The third-order valence-electron chi connectivity index (χ3n) is 2.97. The number of anilines is 2. The molecule has 0 unspecified atom stereocenters. The number of carbonyl (C=O) groups is 1. The first-order chi connectivity index (χ1) is 10.5. The number of benzene rings is 1. The highest BCUT2D eigenvalue weighted by Gasteiger charge is 2.08. The smallest absolute Gasteiger partial charge is 0.257 e.